The molecule has 2 N–H and O–H groups in total. The third kappa shape index (κ3) is 4.07. The molecule has 1 atom stereocenters. The molecule has 2 amide bonds. The smallest absolute Gasteiger partial charge is 0.254 e. The lowest BCUT2D eigenvalue weighted by atomic mass is 10.1. The van der Waals surface area contributed by atoms with Crippen LogP contribution in [0.5, 0.6) is 0 Å². The number of benzene rings is 1. The number of nitrogens with one attached hydrogen (secondary N) is 2. The summed E-state index contributed by atoms with van der Waals surface area (Å²) in [4.78, 5) is 26.2. The van der Waals surface area contributed by atoms with Crippen LogP contribution in [0.25, 0.3) is 0 Å². The second kappa shape index (κ2) is 7.54. The van der Waals surface area contributed by atoms with E-state index >= 15 is 0 Å². The minimum absolute atomic E-state index is 0.00600. The zero-order valence-electron chi connectivity index (χ0n) is 12.9. The van der Waals surface area contributed by atoms with Gasteiger partial charge in [0, 0.05) is 30.9 Å². The molecule has 7 nitrogen and oxygen atoms in total. The van der Waals surface area contributed by atoms with Crippen molar-refractivity contribution in [1.82, 2.24) is 10.2 Å². The highest BCUT2D eigenvalue weighted by atomic mass is 16.5. The van der Waals surface area contributed by atoms with Crippen molar-refractivity contribution in [2.45, 2.75) is 6.04 Å². The number of amides is 2. The number of carbonyl (C=O) groups is 2. The van der Waals surface area contributed by atoms with Crippen molar-refractivity contribution in [1.29, 1.82) is 0 Å². The number of rotatable bonds is 3. The van der Waals surface area contributed by atoms with Crippen molar-refractivity contribution >= 4 is 17.5 Å². The monoisotopic (exact) mass is 319 g/mol. The Morgan fingerprint density at radius 3 is 2.48 bits per heavy atom. The van der Waals surface area contributed by atoms with Gasteiger partial charge < -0.3 is 25.0 Å². The maximum atomic E-state index is 12.3. The van der Waals surface area contributed by atoms with E-state index in [9.17, 15) is 9.59 Å². The number of nitrogens with zero attached hydrogens (tertiary/aromatic N) is 1. The van der Waals surface area contributed by atoms with Crippen LogP contribution < -0.4 is 10.6 Å². The summed E-state index contributed by atoms with van der Waals surface area (Å²) in [5.41, 5.74) is 1.28. The maximum absolute atomic E-state index is 12.3. The largest absolute Gasteiger partial charge is 0.378 e. The van der Waals surface area contributed by atoms with Crippen LogP contribution in [-0.4, -0.2) is 68.8 Å². The minimum atomic E-state index is -0.335. The van der Waals surface area contributed by atoms with Crippen molar-refractivity contribution in [2.24, 2.45) is 0 Å². The molecule has 0 aliphatic carbocycles. The fourth-order valence-electron chi connectivity index (χ4n) is 2.61. The molecular weight excluding hydrogens is 298 g/mol. The Labute approximate surface area is 134 Å². The van der Waals surface area contributed by atoms with Gasteiger partial charge in [0.15, 0.2) is 0 Å². The highest BCUT2D eigenvalue weighted by Crippen LogP contribution is 2.13. The van der Waals surface area contributed by atoms with Crippen molar-refractivity contribution in [3.63, 3.8) is 0 Å². The molecule has 7 heteroatoms. The second-order valence-corrected chi connectivity index (χ2v) is 5.55. The Morgan fingerprint density at radius 1 is 1.09 bits per heavy atom. The van der Waals surface area contributed by atoms with Gasteiger partial charge in [0.05, 0.1) is 26.4 Å². The van der Waals surface area contributed by atoms with E-state index in [4.69, 9.17) is 9.47 Å². The van der Waals surface area contributed by atoms with Crippen LogP contribution >= 0.6 is 0 Å². The third-order valence-electron chi connectivity index (χ3n) is 3.94. The number of carbonyl (C=O) groups excluding carboxylic acids is 2. The minimum Gasteiger partial charge on any atom is -0.378 e. The van der Waals surface area contributed by atoms with E-state index in [1.54, 1.807) is 29.2 Å². The molecule has 0 radical (unpaired) electrons. The van der Waals surface area contributed by atoms with Gasteiger partial charge in [0.1, 0.15) is 6.04 Å². The molecule has 124 valence electrons. The molecule has 1 aromatic carbocycles. The predicted molar refractivity (Wildman–Crippen MR) is 84.4 cm³/mol. The van der Waals surface area contributed by atoms with Crippen LogP contribution in [-0.2, 0) is 14.3 Å². The van der Waals surface area contributed by atoms with Gasteiger partial charge in [0.25, 0.3) is 5.91 Å². The first kappa shape index (κ1) is 15.9. The Hall–Kier alpha value is -1.96. The van der Waals surface area contributed by atoms with Crippen LogP contribution in [0.15, 0.2) is 24.3 Å². The fraction of sp³-hybridized carbons (Fsp3) is 0.500. The fourth-order valence-corrected chi connectivity index (χ4v) is 2.61. The van der Waals surface area contributed by atoms with Crippen molar-refractivity contribution in [3.05, 3.63) is 29.8 Å². The van der Waals surface area contributed by atoms with Gasteiger partial charge in [-0.15, -0.1) is 0 Å². The number of ether oxygens (including phenoxy) is 2. The zero-order valence-corrected chi connectivity index (χ0v) is 12.9. The highest BCUT2D eigenvalue weighted by molar-refractivity contribution is 5.97. The summed E-state index contributed by atoms with van der Waals surface area (Å²) < 4.78 is 10.5. The summed E-state index contributed by atoms with van der Waals surface area (Å²) in [7, 11) is 0. The Kier molecular flexibility index (Phi) is 5.22. The van der Waals surface area contributed by atoms with Crippen LogP contribution in [0.2, 0.25) is 0 Å². The molecule has 23 heavy (non-hydrogen) atoms. The molecule has 3 rings (SSSR count). The van der Waals surface area contributed by atoms with Crippen LogP contribution in [0.1, 0.15) is 10.4 Å². The number of morpholine rings is 2. The molecule has 2 aliphatic rings. The number of hydrogen-bond donors (Lipinski definition) is 2. The van der Waals surface area contributed by atoms with Gasteiger partial charge in [-0.2, -0.15) is 0 Å². The van der Waals surface area contributed by atoms with E-state index in [1.807, 2.05) is 0 Å². The van der Waals surface area contributed by atoms with Crippen LogP contribution in [0, 0.1) is 0 Å². The van der Waals surface area contributed by atoms with E-state index < -0.39 is 0 Å². The first-order valence-corrected chi connectivity index (χ1v) is 7.83. The standard InChI is InChI=1S/C16H21N3O4/c20-15(14-11-23-8-5-17-14)18-13-3-1-12(2-4-13)16(21)19-6-9-22-10-7-19/h1-4,14,17H,5-11H2,(H,18,20). The average Bonchev–Trinajstić information content (AvgIpc) is 2.63. The summed E-state index contributed by atoms with van der Waals surface area (Å²) in [6.45, 7) is 4.06. The summed E-state index contributed by atoms with van der Waals surface area (Å²) in [5, 5.41) is 5.93. The normalized spacial score (nSPS) is 21.7. The molecule has 0 aromatic heterocycles. The quantitative estimate of drug-likeness (QED) is 0.825. The van der Waals surface area contributed by atoms with Crippen LogP contribution in [0.4, 0.5) is 5.69 Å². The first-order chi connectivity index (χ1) is 11.2. The predicted octanol–water partition coefficient (Wildman–Crippen LogP) is 0.0859. The van der Waals surface area contributed by atoms with E-state index in [-0.39, 0.29) is 17.9 Å². The van der Waals surface area contributed by atoms with Gasteiger partial charge in [0.2, 0.25) is 5.91 Å². The van der Waals surface area contributed by atoms with Crippen molar-refractivity contribution in [3.8, 4) is 0 Å². The lowest BCUT2D eigenvalue weighted by Crippen LogP contribution is -2.48. The maximum Gasteiger partial charge on any atom is 0.254 e. The van der Waals surface area contributed by atoms with E-state index in [0.717, 1.165) is 0 Å². The number of hydrogen-bond acceptors (Lipinski definition) is 5. The topological polar surface area (TPSA) is 79.9 Å². The van der Waals surface area contributed by atoms with E-state index in [1.165, 1.54) is 0 Å². The Bertz CT molecular complexity index is 549. The van der Waals surface area contributed by atoms with Gasteiger partial charge in [-0.25, -0.2) is 0 Å². The molecular formula is C16H21N3O4. The molecule has 0 spiro atoms. The van der Waals surface area contributed by atoms with E-state index in [0.29, 0.717) is 57.3 Å². The zero-order chi connectivity index (χ0) is 16.1. The molecule has 2 heterocycles. The second-order valence-electron chi connectivity index (χ2n) is 5.55. The third-order valence-corrected chi connectivity index (χ3v) is 3.94. The van der Waals surface area contributed by atoms with Crippen molar-refractivity contribution in [2.75, 3.05) is 51.4 Å². The number of anilines is 1. The lowest BCUT2D eigenvalue weighted by Gasteiger charge is -2.27. The van der Waals surface area contributed by atoms with Crippen LogP contribution in [0.3, 0.4) is 0 Å². The van der Waals surface area contributed by atoms with Gasteiger partial charge in [-0.3, -0.25) is 9.59 Å². The molecule has 1 aromatic rings. The van der Waals surface area contributed by atoms with Gasteiger partial charge >= 0.3 is 0 Å². The summed E-state index contributed by atoms with van der Waals surface area (Å²) in [5.74, 6) is -0.134. The average molecular weight is 319 g/mol. The first-order valence-electron chi connectivity index (χ1n) is 7.83. The summed E-state index contributed by atoms with van der Waals surface area (Å²) in [6, 6.07) is 6.62. The summed E-state index contributed by atoms with van der Waals surface area (Å²) >= 11 is 0. The Morgan fingerprint density at radius 2 is 1.83 bits per heavy atom. The molecule has 2 saturated heterocycles. The highest BCUT2D eigenvalue weighted by Gasteiger charge is 2.22. The lowest BCUT2D eigenvalue weighted by molar-refractivity contribution is -0.120. The SMILES string of the molecule is O=C(Nc1ccc(C(=O)N2CCOCC2)cc1)C1COCCN1. The van der Waals surface area contributed by atoms with E-state index in [2.05, 4.69) is 10.6 Å². The summed E-state index contributed by atoms with van der Waals surface area (Å²) in [6.07, 6.45) is 0. The molecule has 2 fully saturated rings. The Balaban J connectivity index is 1.58. The van der Waals surface area contributed by atoms with Crippen molar-refractivity contribution < 1.29 is 19.1 Å². The molecule has 0 bridgehead atoms. The molecule has 1 unspecified atom stereocenters. The van der Waals surface area contributed by atoms with Gasteiger partial charge in [-0.05, 0) is 24.3 Å². The molecule has 2 aliphatic heterocycles. The molecule has 0 saturated carbocycles. The van der Waals surface area contributed by atoms with Gasteiger partial charge in [-0.1, -0.05) is 0 Å².